The lowest BCUT2D eigenvalue weighted by Crippen LogP contribution is -2.25. The van der Waals surface area contributed by atoms with Crippen molar-refractivity contribution >= 4 is 21.6 Å². The number of methoxy groups -OCH3 is 2. The highest BCUT2D eigenvalue weighted by Crippen LogP contribution is 2.27. The van der Waals surface area contributed by atoms with Gasteiger partial charge in [-0.25, -0.2) is 8.42 Å². The van der Waals surface area contributed by atoms with Crippen LogP contribution >= 0.6 is 0 Å². The lowest BCUT2D eigenvalue weighted by atomic mass is 10.1. The fourth-order valence-corrected chi connectivity index (χ4v) is 4.04. The average molecular weight is 441 g/mol. The van der Waals surface area contributed by atoms with Gasteiger partial charge < -0.3 is 14.8 Å². The molecule has 0 aliphatic rings. The molecule has 0 aromatic heterocycles. The topological polar surface area (TPSA) is 93.7 Å². The quantitative estimate of drug-likeness (QED) is 0.557. The third-order valence-electron chi connectivity index (χ3n) is 4.65. The van der Waals surface area contributed by atoms with Crippen molar-refractivity contribution in [2.75, 3.05) is 18.9 Å². The van der Waals surface area contributed by atoms with Crippen molar-refractivity contribution in [1.82, 2.24) is 5.32 Å². The minimum absolute atomic E-state index is 0.124. The summed E-state index contributed by atoms with van der Waals surface area (Å²) in [7, 11) is -0.743. The van der Waals surface area contributed by atoms with E-state index in [2.05, 4.69) is 10.0 Å². The number of ether oxygens (including phenoxy) is 2. The summed E-state index contributed by atoms with van der Waals surface area (Å²) in [5, 5.41) is 2.81. The highest BCUT2D eigenvalue weighted by Gasteiger charge is 2.18. The number of benzene rings is 3. The molecule has 3 aromatic carbocycles. The van der Waals surface area contributed by atoms with Crippen LogP contribution in [0, 0.1) is 6.92 Å². The van der Waals surface area contributed by atoms with Crippen molar-refractivity contribution in [2.24, 2.45) is 0 Å². The number of aryl methyl sites for hydroxylation is 1. The average Bonchev–Trinajstić information content (AvgIpc) is 2.77. The number of rotatable bonds is 8. The molecule has 0 aliphatic heterocycles. The smallest absolute Gasteiger partial charge is 0.261 e. The number of anilines is 1. The highest BCUT2D eigenvalue weighted by molar-refractivity contribution is 7.92. The Bertz CT molecular complexity index is 1170. The van der Waals surface area contributed by atoms with Crippen molar-refractivity contribution in [3.8, 4) is 11.5 Å². The molecule has 0 unspecified atom stereocenters. The number of carbonyl (C=O) groups is 1. The zero-order chi connectivity index (χ0) is 22.4. The van der Waals surface area contributed by atoms with Gasteiger partial charge in [0.1, 0.15) is 0 Å². The van der Waals surface area contributed by atoms with Crippen molar-refractivity contribution < 1.29 is 22.7 Å². The first kappa shape index (κ1) is 22.2. The van der Waals surface area contributed by atoms with Crippen molar-refractivity contribution in [1.29, 1.82) is 0 Å². The fraction of sp³-hybridized carbons (Fsp3) is 0.174. The third-order valence-corrected chi connectivity index (χ3v) is 6.03. The molecular formula is C23H24N2O5S. The molecule has 0 aliphatic carbocycles. The van der Waals surface area contributed by atoms with Crippen LogP contribution in [-0.4, -0.2) is 28.5 Å². The summed E-state index contributed by atoms with van der Waals surface area (Å²) in [6, 6.07) is 18.3. The first-order chi connectivity index (χ1) is 14.8. The molecule has 8 heteroatoms. The van der Waals surface area contributed by atoms with Crippen LogP contribution in [0.2, 0.25) is 0 Å². The van der Waals surface area contributed by atoms with Crippen molar-refractivity contribution in [2.45, 2.75) is 18.4 Å². The molecule has 0 saturated carbocycles. The first-order valence-corrected chi connectivity index (χ1v) is 11.0. The molecule has 2 N–H and O–H groups in total. The standard InChI is InChI=1S/C23H24N2O5S/c1-16-8-11-18(12-9-16)31(27,28)25-20-7-5-4-6-19(20)23(26)24-15-17-10-13-21(29-2)22(14-17)30-3/h4-14,25H,15H2,1-3H3,(H,24,26). The summed E-state index contributed by atoms with van der Waals surface area (Å²) < 4.78 is 38.5. The molecule has 1 amide bonds. The van der Waals surface area contributed by atoms with Crippen LogP contribution in [-0.2, 0) is 16.6 Å². The van der Waals surface area contributed by atoms with Gasteiger partial charge in [-0.2, -0.15) is 0 Å². The van der Waals surface area contributed by atoms with E-state index in [0.717, 1.165) is 11.1 Å². The van der Waals surface area contributed by atoms with Crippen LogP contribution in [0.3, 0.4) is 0 Å². The minimum atomic E-state index is -3.83. The molecule has 7 nitrogen and oxygen atoms in total. The monoisotopic (exact) mass is 440 g/mol. The minimum Gasteiger partial charge on any atom is -0.493 e. The van der Waals surface area contributed by atoms with Crippen LogP contribution in [0.1, 0.15) is 21.5 Å². The maximum absolute atomic E-state index is 12.8. The molecule has 0 heterocycles. The zero-order valence-corrected chi connectivity index (χ0v) is 18.3. The Hall–Kier alpha value is -3.52. The number of amides is 1. The summed E-state index contributed by atoms with van der Waals surface area (Å²) in [4.78, 5) is 12.9. The maximum Gasteiger partial charge on any atom is 0.261 e. The van der Waals surface area contributed by atoms with Gasteiger partial charge in [0.25, 0.3) is 15.9 Å². The second-order valence-corrected chi connectivity index (χ2v) is 8.52. The Balaban J connectivity index is 1.77. The molecule has 31 heavy (non-hydrogen) atoms. The number of nitrogens with one attached hydrogen (secondary N) is 2. The molecule has 0 saturated heterocycles. The van der Waals surface area contributed by atoms with E-state index in [0.29, 0.717) is 11.5 Å². The van der Waals surface area contributed by atoms with Gasteiger partial charge in [0.15, 0.2) is 11.5 Å². The number of sulfonamides is 1. The third kappa shape index (κ3) is 5.35. The highest BCUT2D eigenvalue weighted by atomic mass is 32.2. The van der Waals surface area contributed by atoms with Gasteiger partial charge in [-0.15, -0.1) is 0 Å². The number of hydrogen-bond donors (Lipinski definition) is 2. The predicted molar refractivity (Wildman–Crippen MR) is 119 cm³/mol. The molecule has 0 bridgehead atoms. The normalized spacial score (nSPS) is 10.9. The molecule has 3 aromatic rings. The van der Waals surface area contributed by atoms with Crippen LogP contribution < -0.4 is 19.5 Å². The number of carbonyl (C=O) groups excluding carboxylic acids is 1. The Kier molecular flexibility index (Phi) is 6.81. The SMILES string of the molecule is COc1ccc(CNC(=O)c2ccccc2NS(=O)(=O)c2ccc(C)cc2)cc1OC. The summed E-state index contributed by atoms with van der Waals surface area (Å²) in [5.41, 5.74) is 2.18. The largest absolute Gasteiger partial charge is 0.493 e. The van der Waals surface area contributed by atoms with Gasteiger partial charge >= 0.3 is 0 Å². The van der Waals surface area contributed by atoms with E-state index in [1.54, 1.807) is 55.6 Å². The zero-order valence-electron chi connectivity index (χ0n) is 17.5. The van der Waals surface area contributed by atoms with Crippen LogP contribution in [0.4, 0.5) is 5.69 Å². The van der Waals surface area contributed by atoms with E-state index in [4.69, 9.17) is 9.47 Å². The molecule has 3 rings (SSSR count). The van der Waals surface area contributed by atoms with Gasteiger partial charge in [0.05, 0.1) is 30.4 Å². The second-order valence-electron chi connectivity index (χ2n) is 6.84. The van der Waals surface area contributed by atoms with E-state index in [9.17, 15) is 13.2 Å². The van der Waals surface area contributed by atoms with E-state index < -0.39 is 15.9 Å². The van der Waals surface area contributed by atoms with Gasteiger partial charge in [0, 0.05) is 6.54 Å². The first-order valence-electron chi connectivity index (χ1n) is 9.51. The van der Waals surface area contributed by atoms with Crippen LogP contribution in [0.5, 0.6) is 11.5 Å². The number of para-hydroxylation sites is 1. The molecule has 162 valence electrons. The molecule has 0 radical (unpaired) electrons. The van der Waals surface area contributed by atoms with E-state index in [1.165, 1.54) is 19.2 Å². The fourth-order valence-electron chi connectivity index (χ4n) is 2.96. The molecule has 0 atom stereocenters. The Morgan fingerprint density at radius 1 is 0.903 bits per heavy atom. The second kappa shape index (κ2) is 9.53. The Morgan fingerprint density at radius 2 is 1.58 bits per heavy atom. The van der Waals surface area contributed by atoms with Gasteiger partial charge in [-0.1, -0.05) is 35.9 Å². The lowest BCUT2D eigenvalue weighted by Gasteiger charge is -2.14. The van der Waals surface area contributed by atoms with E-state index in [1.807, 2.05) is 13.0 Å². The molecular weight excluding hydrogens is 416 g/mol. The van der Waals surface area contributed by atoms with E-state index in [-0.39, 0.29) is 22.7 Å². The van der Waals surface area contributed by atoms with Crippen LogP contribution in [0.15, 0.2) is 71.6 Å². The predicted octanol–water partition coefficient (Wildman–Crippen LogP) is 3.74. The maximum atomic E-state index is 12.8. The summed E-state index contributed by atoms with van der Waals surface area (Å²) in [6.45, 7) is 2.11. The van der Waals surface area contributed by atoms with Crippen molar-refractivity contribution in [3.05, 3.63) is 83.4 Å². The number of hydrogen-bond acceptors (Lipinski definition) is 5. The Labute approximate surface area is 182 Å². The van der Waals surface area contributed by atoms with Gasteiger partial charge in [-0.05, 0) is 48.9 Å². The molecule has 0 fully saturated rings. The summed E-state index contributed by atoms with van der Waals surface area (Å²) in [6.07, 6.45) is 0. The van der Waals surface area contributed by atoms with Crippen molar-refractivity contribution in [3.63, 3.8) is 0 Å². The van der Waals surface area contributed by atoms with E-state index >= 15 is 0 Å². The molecule has 0 spiro atoms. The van der Waals surface area contributed by atoms with Crippen LogP contribution in [0.25, 0.3) is 0 Å². The lowest BCUT2D eigenvalue weighted by molar-refractivity contribution is 0.0951. The summed E-state index contributed by atoms with van der Waals surface area (Å²) in [5.74, 6) is 0.742. The van der Waals surface area contributed by atoms with Gasteiger partial charge in [-0.3, -0.25) is 9.52 Å². The summed E-state index contributed by atoms with van der Waals surface area (Å²) >= 11 is 0. The van der Waals surface area contributed by atoms with Gasteiger partial charge in [0.2, 0.25) is 0 Å². The Morgan fingerprint density at radius 3 is 2.26 bits per heavy atom.